The highest BCUT2D eigenvalue weighted by molar-refractivity contribution is 5.41. The fourth-order valence-electron chi connectivity index (χ4n) is 6.46. The Balaban J connectivity index is 0.00000257. The van der Waals surface area contributed by atoms with Gasteiger partial charge in [-0.15, -0.1) is 5.10 Å². The normalized spacial score (nSPS) is 18.4. The van der Waals surface area contributed by atoms with Gasteiger partial charge in [0.05, 0.1) is 18.8 Å². The van der Waals surface area contributed by atoms with Crippen LogP contribution in [0.15, 0.2) is 66.9 Å². The van der Waals surface area contributed by atoms with Crippen LogP contribution in [-0.2, 0) is 17.3 Å². The maximum Gasteiger partial charge on any atom is 0.433 e. The minimum atomic E-state index is -4.54. The Labute approximate surface area is 304 Å². The van der Waals surface area contributed by atoms with E-state index in [0.717, 1.165) is 87.0 Å². The van der Waals surface area contributed by atoms with Crippen LogP contribution in [0, 0.1) is 6.92 Å². The molecule has 2 fully saturated rings. The number of pyridine rings is 1. The number of likely N-dealkylation sites (tertiary alicyclic amines) is 1. The quantitative estimate of drug-likeness (QED) is 0.129. The number of hydrogen-bond acceptors (Lipinski definition) is 9. The number of alkyl halides is 3. The first-order valence-corrected chi connectivity index (χ1v) is 18.4. The van der Waals surface area contributed by atoms with Crippen LogP contribution in [0.2, 0.25) is 0 Å². The van der Waals surface area contributed by atoms with Crippen molar-refractivity contribution in [2.24, 2.45) is 5.73 Å². The Morgan fingerprint density at radius 1 is 0.962 bits per heavy atom. The van der Waals surface area contributed by atoms with Crippen LogP contribution in [0.5, 0.6) is 23.1 Å². The number of nitrogens with zero attached hydrogens (tertiary/aromatic N) is 5. The largest absolute Gasteiger partial charge is 0.494 e. The van der Waals surface area contributed by atoms with E-state index in [1.807, 2.05) is 62.0 Å². The zero-order valence-corrected chi connectivity index (χ0v) is 30.4. The molecule has 4 aromatic rings. The Morgan fingerprint density at radius 3 is 2.46 bits per heavy atom. The number of benzene rings is 2. The second-order valence-electron chi connectivity index (χ2n) is 12.9. The molecule has 0 aliphatic carbocycles. The Morgan fingerprint density at radius 2 is 1.73 bits per heavy atom. The number of halogens is 3. The van der Waals surface area contributed by atoms with Gasteiger partial charge in [-0.1, -0.05) is 37.3 Å². The number of piperidine rings is 1. The number of rotatable bonds is 14. The van der Waals surface area contributed by atoms with Crippen molar-refractivity contribution in [3.63, 3.8) is 0 Å². The summed E-state index contributed by atoms with van der Waals surface area (Å²) in [7, 11) is 0. The fourth-order valence-corrected chi connectivity index (χ4v) is 6.46. The molecular formula is C39H51F3N6O4. The minimum Gasteiger partial charge on any atom is -0.494 e. The second kappa shape index (κ2) is 19.0. The molecule has 2 aliphatic heterocycles. The van der Waals surface area contributed by atoms with Gasteiger partial charge in [-0.25, -0.2) is 9.67 Å². The number of aromatic nitrogens is 4. The van der Waals surface area contributed by atoms with Crippen molar-refractivity contribution in [2.45, 2.75) is 90.1 Å². The lowest BCUT2D eigenvalue weighted by Crippen LogP contribution is -2.35. The zero-order chi connectivity index (χ0) is 36.9. The van der Waals surface area contributed by atoms with E-state index in [1.165, 1.54) is 17.7 Å². The summed E-state index contributed by atoms with van der Waals surface area (Å²) in [5.41, 5.74) is 7.59. The molecule has 4 heterocycles. The first-order valence-electron chi connectivity index (χ1n) is 18.4. The third-order valence-electron chi connectivity index (χ3n) is 9.17. The lowest BCUT2D eigenvalue weighted by molar-refractivity contribution is -0.141. The summed E-state index contributed by atoms with van der Waals surface area (Å²) in [4.78, 5) is 6.13. The summed E-state index contributed by atoms with van der Waals surface area (Å²) in [6, 6.07) is 17.8. The monoisotopic (exact) mass is 724 g/mol. The standard InChI is InChI=1S/C37H45F3N6O4.C2H6/c1-26-24-27(15-18-41)9-14-32(26)49-30-12-10-29(11-13-30)47-22-3-2-19-45-20-16-28(17-21-45)46-25-31(43-44-46)36-33(6-5-23-48-36)50-35-8-4-7-34(42-35)37(38,39)40;1-2/h4,7-14,24-25,28,33,36H,2-3,5-6,15-23,41H2,1H3;1-2H3/t33?,36-;/m1./s1. The van der Waals surface area contributed by atoms with Gasteiger partial charge in [0, 0.05) is 25.8 Å². The predicted molar refractivity (Wildman–Crippen MR) is 193 cm³/mol. The summed E-state index contributed by atoms with van der Waals surface area (Å²) >= 11 is 0. The molecule has 2 aromatic carbocycles. The number of ether oxygens (including phenoxy) is 4. The molecule has 0 amide bonds. The minimum absolute atomic E-state index is 0.0807. The van der Waals surface area contributed by atoms with Gasteiger partial charge < -0.3 is 29.6 Å². The van der Waals surface area contributed by atoms with Gasteiger partial charge in [-0.3, -0.25) is 0 Å². The van der Waals surface area contributed by atoms with Gasteiger partial charge in [0.1, 0.15) is 40.8 Å². The Bertz CT molecular complexity index is 1660. The van der Waals surface area contributed by atoms with Crippen LogP contribution < -0.4 is 19.9 Å². The number of aryl methyl sites for hydroxylation is 1. The molecule has 2 aromatic heterocycles. The van der Waals surface area contributed by atoms with E-state index in [2.05, 4.69) is 32.3 Å². The average Bonchev–Trinajstić information content (AvgIpc) is 3.65. The zero-order valence-electron chi connectivity index (χ0n) is 30.4. The summed E-state index contributed by atoms with van der Waals surface area (Å²) in [5.74, 6) is 2.34. The van der Waals surface area contributed by atoms with Gasteiger partial charge in [0.15, 0.2) is 0 Å². The molecule has 2 atom stereocenters. The Hall–Kier alpha value is -4.20. The molecule has 10 nitrogen and oxygen atoms in total. The van der Waals surface area contributed by atoms with Gasteiger partial charge in [-0.05, 0) is 112 Å². The molecular weight excluding hydrogens is 673 g/mol. The number of hydrogen-bond donors (Lipinski definition) is 1. The van der Waals surface area contributed by atoms with Crippen molar-refractivity contribution in [1.82, 2.24) is 24.9 Å². The third kappa shape index (κ3) is 10.9. The number of unbranched alkanes of at least 4 members (excludes halogenated alkanes) is 1. The summed E-state index contributed by atoms with van der Waals surface area (Å²) in [5, 5.41) is 8.79. The SMILES string of the molecule is CC.Cc1cc(CCN)ccc1Oc1ccc(OCCCCN2CCC(n3cc([C@H]4OCCCC4Oc4cccc(C(F)(F)F)n4)nn3)CC2)cc1. The Kier molecular flexibility index (Phi) is 14.3. The fraction of sp³-hybridized carbons (Fsp3) is 0.513. The van der Waals surface area contributed by atoms with Crippen LogP contribution >= 0.6 is 0 Å². The van der Waals surface area contributed by atoms with Gasteiger partial charge in [0.2, 0.25) is 5.88 Å². The highest BCUT2D eigenvalue weighted by atomic mass is 19.4. The first kappa shape index (κ1) is 39.0. The van der Waals surface area contributed by atoms with Crippen molar-refractivity contribution in [3.05, 3.63) is 89.4 Å². The van der Waals surface area contributed by atoms with E-state index >= 15 is 0 Å². The number of nitrogens with two attached hydrogens (primary N) is 1. The molecule has 13 heteroatoms. The molecule has 1 unspecified atom stereocenters. The summed E-state index contributed by atoms with van der Waals surface area (Å²) in [6.45, 7) is 10.8. The molecule has 0 radical (unpaired) electrons. The molecule has 282 valence electrons. The average molecular weight is 725 g/mol. The van der Waals surface area contributed by atoms with Crippen molar-refractivity contribution in [1.29, 1.82) is 0 Å². The lowest BCUT2D eigenvalue weighted by atomic mass is 10.0. The first-order chi connectivity index (χ1) is 25.2. The van der Waals surface area contributed by atoms with Crippen LogP contribution in [0.25, 0.3) is 0 Å². The molecule has 0 spiro atoms. The van der Waals surface area contributed by atoms with Gasteiger partial charge in [0.25, 0.3) is 0 Å². The van der Waals surface area contributed by atoms with Crippen LogP contribution in [0.1, 0.15) is 87.0 Å². The second-order valence-corrected chi connectivity index (χ2v) is 12.9. The van der Waals surface area contributed by atoms with Crippen LogP contribution in [-0.4, -0.2) is 70.4 Å². The molecule has 0 saturated carbocycles. The molecule has 52 heavy (non-hydrogen) atoms. The van der Waals surface area contributed by atoms with Crippen molar-refractivity contribution in [3.8, 4) is 23.1 Å². The maximum atomic E-state index is 13.2. The molecule has 2 aliphatic rings. The van der Waals surface area contributed by atoms with Crippen molar-refractivity contribution >= 4 is 0 Å². The molecule has 2 N–H and O–H groups in total. The summed E-state index contributed by atoms with van der Waals surface area (Å²) < 4.78 is 65.3. The molecule has 0 bridgehead atoms. The van der Waals surface area contributed by atoms with Gasteiger partial charge >= 0.3 is 6.18 Å². The van der Waals surface area contributed by atoms with Gasteiger partial charge in [-0.2, -0.15) is 13.2 Å². The summed E-state index contributed by atoms with van der Waals surface area (Å²) in [6.07, 6.45) is 2.41. The highest BCUT2D eigenvalue weighted by Gasteiger charge is 2.35. The van der Waals surface area contributed by atoms with E-state index < -0.39 is 24.1 Å². The molecule has 6 rings (SSSR count). The van der Waals surface area contributed by atoms with E-state index in [0.29, 0.717) is 31.9 Å². The van der Waals surface area contributed by atoms with Crippen LogP contribution in [0.3, 0.4) is 0 Å². The highest BCUT2D eigenvalue weighted by Crippen LogP contribution is 2.34. The smallest absolute Gasteiger partial charge is 0.433 e. The maximum absolute atomic E-state index is 13.2. The third-order valence-corrected chi connectivity index (χ3v) is 9.17. The predicted octanol–water partition coefficient (Wildman–Crippen LogP) is 8.12. The molecule has 2 saturated heterocycles. The van der Waals surface area contributed by atoms with Crippen molar-refractivity contribution in [2.75, 3.05) is 39.4 Å². The lowest BCUT2D eigenvalue weighted by Gasteiger charge is -2.32. The van der Waals surface area contributed by atoms with E-state index in [9.17, 15) is 13.2 Å². The van der Waals surface area contributed by atoms with E-state index in [-0.39, 0.29) is 11.9 Å². The van der Waals surface area contributed by atoms with E-state index in [4.69, 9.17) is 24.7 Å². The van der Waals surface area contributed by atoms with Crippen LogP contribution in [0.4, 0.5) is 13.2 Å². The topological polar surface area (TPSA) is 110 Å². The van der Waals surface area contributed by atoms with Crippen molar-refractivity contribution < 1.29 is 32.1 Å². The van der Waals surface area contributed by atoms with E-state index in [1.54, 1.807) is 0 Å².